The lowest BCUT2D eigenvalue weighted by molar-refractivity contribution is 0.0321. The zero-order valence-electron chi connectivity index (χ0n) is 27.3. The maximum Gasteiger partial charge on any atom is 0.246 e. The fourth-order valence-corrected chi connectivity index (χ4v) is 10.6. The quantitative estimate of drug-likeness (QED) is 0.315. The third kappa shape index (κ3) is 4.23. The molecular formula is C34H41N9O3S. The van der Waals surface area contributed by atoms with Gasteiger partial charge in [-0.2, -0.15) is 5.26 Å². The number of aryl methyl sites for hydroxylation is 1. The molecule has 3 N–H and O–H groups in total. The van der Waals surface area contributed by atoms with Gasteiger partial charge in [-0.3, -0.25) is 0 Å². The molecule has 0 radical (unpaired) electrons. The Morgan fingerprint density at radius 1 is 1.15 bits per heavy atom. The van der Waals surface area contributed by atoms with Gasteiger partial charge in [0.05, 0.1) is 28.7 Å². The average Bonchev–Trinajstić information content (AvgIpc) is 3.82. The van der Waals surface area contributed by atoms with E-state index in [0.29, 0.717) is 53.6 Å². The number of hydrogen-bond donors (Lipinski definition) is 2. The van der Waals surface area contributed by atoms with Crippen molar-refractivity contribution in [2.45, 2.75) is 107 Å². The van der Waals surface area contributed by atoms with Gasteiger partial charge in [0.25, 0.3) is 0 Å². The fraction of sp³-hybridized carbons (Fsp3) is 0.618. The maximum atomic E-state index is 11.2. The van der Waals surface area contributed by atoms with E-state index in [2.05, 4.69) is 29.8 Å². The molecule has 4 aromatic heterocycles. The largest absolute Gasteiger partial charge is 0.474 e. The fourth-order valence-electron chi connectivity index (χ4n) is 9.42. The summed E-state index contributed by atoms with van der Waals surface area (Å²) in [6.07, 6.45) is 9.18. The zero-order valence-corrected chi connectivity index (χ0v) is 28.1. The lowest BCUT2D eigenvalue weighted by atomic mass is 9.63. The zero-order chi connectivity index (χ0) is 32.2. The molecule has 2 fully saturated rings. The predicted molar refractivity (Wildman–Crippen MR) is 178 cm³/mol. The summed E-state index contributed by atoms with van der Waals surface area (Å²) in [5.74, 6) is 2.63. The first kappa shape index (κ1) is 29.4. The number of nitrogens with two attached hydrogens (primary N) is 1. The molecule has 1 spiro atoms. The molecule has 9 rings (SSSR count). The minimum Gasteiger partial charge on any atom is -0.474 e. The van der Waals surface area contributed by atoms with Crippen molar-refractivity contribution in [2.24, 2.45) is 0 Å². The number of hydrogen-bond acceptors (Lipinski definition) is 12. The van der Waals surface area contributed by atoms with E-state index in [0.717, 1.165) is 98.1 Å². The maximum absolute atomic E-state index is 11.2. The molecule has 0 bridgehead atoms. The molecule has 7 heterocycles. The standard InChI is InChI=1S/C34H41N9O3S/c1-18(22-8-6-14-41(22)3)43-31-24-30(42-17-33(2,44)13-10-19(42)16-45-32(24)39-43)37-29(38-31)26-20-7-4-11-34(27(20)46-40-26)12-5-9-23-25(34)21(15-35)28(36)47-23/h18-19,22,44H,4-14,16-17,36H2,1-3H3/t18-,19+,22-,33+,34-/m0/s1. The summed E-state index contributed by atoms with van der Waals surface area (Å²) in [5.41, 5.74) is 9.15. The van der Waals surface area contributed by atoms with Crippen LogP contribution in [0.15, 0.2) is 4.52 Å². The highest BCUT2D eigenvalue weighted by molar-refractivity contribution is 7.16. The molecule has 0 unspecified atom stereocenters. The molecule has 0 aromatic carbocycles. The highest BCUT2D eigenvalue weighted by Gasteiger charge is 2.49. The van der Waals surface area contributed by atoms with E-state index in [1.807, 2.05) is 11.6 Å². The van der Waals surface area contributed by atoms with Gasteiger partial charge in [0.1, 0.15) is 28.9 Å². The third-order valence-electron chi connectivity index (χ3n) is 11.7. The monoisotopic (exact) mass is 655 g/mol. The number of aliphatic hydroxyl groups is 1. The van der Waals surface area contributed by atoms with Crippen molar-refractivity contribution in [2.75, 3.05) is 37.4 Å². The molecule has 4 aromatic rings. The Morgan fingerprint density at radius 3 is 2.77 bits per heavy atom. The Labute approximate surface area is 277 Å². The molecular weight excluding hydrogens is 615 g/mol. The van der Waals surface area contributed by atoms with Gasteiger partial charge >= 0.3 is 0 Å². The molecule has 47 heavy (non-hydrogen) atoms. The normalized spacial score (nSPS) is 29.2. The predicted octanol–water partition coefficient (Wildman–Crippen LogP) is 4.72. The van der Waals surface area contributed by atoms with Crippen molar-refractivity contribution in [1.82, 2.24) is 29.8 Å². The smallest absolute Gasteiger partial charge is 0.246 e. The van der Waals surface area contributed by atoms with Crippen LogP contribution in [0.2, 0.25) is 0 Å². The number of nitrogen functional groups attached to an aromatic ring is 1. The van der Waals surface area contributed by atoms with Crippen molar-refractivity contribution in [3.8, 4) is 23.5 Å². The molecule has 2 aliphatic carbocycles. The second-order valence-corrected chi connectivity index (χ2v) is 15.9. The number of fused-ring (bicyclic) bond motifs is 6. The van der Waals surface area contributed by atoms with Crippen LogP contribution in [0, 0.1) is 11.3 Å². The number of likely N-dealkylation sites (tertiary alicyclic amines) is 1. The van der Waals surface area contributed by atoms with E-state index in [-0.39, 0.29) is 12.1 Å². The first-order valence-corrected chi connectivity index (χ1v) is 17.9. The summed E-state index contributed by atoms with van der Waals surface area (Å²) < 4.78 is 14.8. The van der Waals surface area contributed by atoms with Gasteiger partial charge < -0.3 is 29.9 Å². The Morgan fingerprint density at radius 2 is 1.98 bits per heavy atom. The number of anilines is 2. The van der Waals surface area contributed by atoms with Crippen LogP contribution in [0.25, 0.3) is 22.6 Å². The van der Waals surface area contributed by atoms with Crippen LogP contribution in [0.4, 0.5) is 10.8 Å². The minimum atomic E-state index is -0.854. The highest BCUT2D eigenvalue weighted by atomic mass is 32.1. The molecule has 0 amide bonds. The Balaban J connectivity index is 1.24. The number of ether oxygens (including phenoxy) is 1. The van der Waals surface area contributed by atoms with Crippen molar-refractivity contribution in [1.29, 1.82) is 5.26 Å². The van der Waals surface area contributed by atoms with Crippen LogP contribution >= 0.6 is 11.3 Å². The van der Waals surface area contributed by atoms with Gasteiger partial charge in [-0.25, -0.2) is 14.6 Å². The number of rotatable bonds is 3. The number of thiophene rings is 1. The Bertz CT molecular complexity index is 1950. The summed E-state index contributed by atoms with van der Waals surface area (Å²) in [7, 11) is 2.18. The van der Waals surface area contributed by atoms with Gasteiger partial charge in [0.15, 0.2) is 22.9 Å². The molecule has 5 atom stereocenters. The van der Waals surface area contributed by atoms with Gasteiger partial charge in [0, 0.05) is 23.0 Å². The molecule has 12 nitrogen and oxygen atoms in total. The van der Waals surface area contributed by atoms with Crippen LogP contribution in [0.5, 0.6) is 5.88 Å². The summed E-state index contributed by atoms with van der Waals surface area (Å²) >= 11 is 1.55. The van der Waals surface area contributed by atoms with Gasteiger partial charge in [-0.1, -0.05) is 5.16 Å². The highest BCUT2D eigenvalue weighted by Crippen LogP contribution is 2.55. The van der Waals surface area contributed by atoms with Crippen LogP contribution in [-0.4, -0.2) is 79.3 Å². The molecule has 5 aliphatic rings. The van der Waals surface area contributed by atoms with Crippen molar-refractivity contribution < 1.29 is 14.4 Å². The number of nitrogens with zero attached hydrogens (tertiary/aromatic N) is 8. The summed E-state index contributed by atoms with van der Waals surface area (Å²) in [6, 6.07) is 2.86. The SMILES string of the molecule is C[C@@H]([C@@H]1CCCN1C)n1nc2c3c(nc(-c4noc5c4CCC[C@@]54CCCc5sc(N)c(C#N)c54)nc31)N1C[C@](C)(O)CC[C@@H]1CO2. The molecule has 3 aliphatic heterocycles. The average molecular weight is 656 g/mol. The van der Waals surface area contributed by atoms with Crippen LogP contribution in [0.3, 0.4) is 0 Å². The van der Waals surface area contributed by atoms with E-state index in [1.54, 1.807) is 11.3 Å². The van der Waals surface area contributed by atoms with E-state index < -0.39 is 11.0 Å². The third-order valence-corrected chi connectivity index (χ3v) is 12.8. The Kier molecular flexibility index (Phi) is 6.50. The molecule has 2 saturated heterocycles. The second kappa shape index (κ2) is 10.4. The van der Waals surface area contributed by atoms with Crippen molar-refractivity contribution >= 4 is 33.2 Å². The van der Waals surface area contributed by atoms with Crippen LogP contribution in [0.1, 0.15) is 98.6 Å². The minimum absolute atomic E-state index is 0.0567. The number of nitriles is 1. The van der Waals surface area contributed by atoms with Crippen LogP contribution < -0.4 is 15.4 Å². The van der Waals surface area contributed by atoms with E-state index >= 15 is 0 Å². The van der Waals surface area contributed by atoms with Gasteiger partial charge in [0.2, 0.25) is 5.88 Å². The first-order valence-electron chi connectivity index (χ1n) is 17.1. The lowest BCUT2D eigenvalue weighted by Crippen LogP contribution is -2.53. The van der Waals surface area contributed by atoms with Crippen LogP contribution in [-0.2, 0) is 18.3 Å². The van der Waals surface area contributed by atoms with Crippen molar-refractivity contribution in [3.05, 3.63) is 27.3 Å². The first-order chi connectivity index (χ1) is 22.7. The second-order valence-electron chi connectivity index (χ2n) is 14.8. The topological polar surface area (TPSA) is 155 Å². The van der Waals surface area contributed by atoms with E-state index in [4.69, 9.17) is 35.2 Å². The Hall–Kier alpha value is -3.73. The van der Waals surface area contributed by atoms with E-state index in [9.17, 15) is 10.4 Å². The number of likely N-dealkylation sites (N-methyl/N-ethyl adjacent to an activating group) is 1. The summed E-state index contributed by atoms with van der Waals surface area (Å²) in [6.45, 7) is 6.09. The van der Waals surface area contributed by atoms with Gasteiger partial charge in [-0.05, 0) is 97.2 Å². The molecule has 13 heteroatoms. The number of aromatic nitrogens is 5. The molecule has 0 saturated carbocycles. The van der Waals surface area contributed by atoms with Crippen molar-refractivity contribution in [3.63, 3.8) is 0 Å². The lowest BCUT2D eigenvalue weighted by Gasteiger charge is -2.42. The van der Waals surface area contributed by atoms with Gasteiger partial charge in [-0.15, -0.1) is 16.4 Å². The van der Waals surface area contributed by atoms with E-state index in [1.165, 1.54) is 4.88 Å². The molecule has 246 valence electrons. The number of piperidine rings is 1. The summed E-state index contributed by atoms with van der Waals surface area (Å²) in [4.78, 5) is 16.3. The summed E-state index contributed by atoms with van der Waals surface area (Å²) in [5, 5.41) is 32.6.